The maximum Gasteiger partial charge on any atom is 0.175 e. The monoisotopic (exact) mass is 371 g/mol. The summed E-state index contributed by atoms with van der Waals surface area (Å²) in [6.07, 6.45) is 0. The van der Waals surface area contributed by atoms with Crippen molar-refractivity contribution in [2.75, 3.05) is 19.5 Å². The fourth-order valence-corrected chi connectivity index (χ4v) is 4.20. The van der Waals surface area contributed by atoms with E-state index < -0.39 is 0 Å². The van der Waals surface area contributed by atoms with Gasteiger partial charge < -0.3 is 14.3 Å². The molecule has 6 heteroatoms. The Kier molecular flexibility index (Phi) is 5.53. The lowest BCUT2D eigenvalue weighted by Crippen LogP contribution is -2.14. The van der Waals surface area contributed by atoms with Crippen LogP contribution < -0.4 is 0 Å². The Morgan fingerprint density at radius 2 is 2.08 bits per heavy atom. The Bertz CT molecular complexity index is 942. The van der Waals surface area contributed by atoms with E-state index in [0.29, 0.717) is 12.4 Å². The van der Waals surface area contributed by atoms with Crippen LogP contribution in [0.15, 0.2) is 29.4 Å². The normalized spacial score (nSPS) is 12.7. The number of thioether (sulfide) groups is 1. The number of carbonyl (C=O) groups is 1. The van der Waals surface area contributed by atoms with Crippen molar-refractivity contribution in [3.05, 3.63) is 46.8 Å². The molecule has 138 valence electrons. The summed E-state index contributed by atoms with van der Waals surface area (Å²) in [6.45, 7) is 8.81. The van der Waals surface area contributed by atoms with E-state index in [2.05, 4.69) is 34.4 Å². The van der Waals surface area contributed by atoms with E-state index in [1.807, 2.05) is 32.0 Å². The average Bonchev–Trinajstić information content (AvgIpc) is 3.12. The SMILES string of the molecule is COC[C@@H](C)n1c(C)cc(C(=O)CSc2nc3ccc(C)cc3[nH]2)c1C. The first-order chi connectivity index (χ1) is 12.4. The minimum Gasteiger partial charge on any atom is -0.383 e. The summed E-state index contributed by atoms with van der Waals surface area (Å²) >= 11 is 1.45. The zero-order chi connectivity index (χ0) is 18.8. The van der Waals surface area contributed by atoms with Gasteiger partial charge in [-0.1, -0.05) is 17.8 Å². The second kappa shape index (κ2) is 7.68. The fourth-order valence-electron chi connectivity index (χ4n) is 3.43. The predicted octanol–water partition coefficient (Wildman–Crippen LogP) is 4.47. The number of rotatable bonds is 7. The molecular formula is C20H25N3O2S. The Balaban J connectivity index is 1.74. The molecule has 26 heavy (non-hydrogen) atoms. The number of hydrogen-bond donors (Lipinski definition) is 1. The van der Waals surface area contributed by atoms with Gasteiger partial charge in [0.2, 0.25) is 0 Å². The predicted molar refractivity (Wildman–Crippen MR) is 106 cm³/mol. The van der Waals surface area contributed by atoms with Crippen LogP contribution in [0.5, 0.6) is 0 Å². The maximum absolute atomic E-state index is 12.7. The van der Waals surface area contributed by atoms with Gasteiger partial charge in [0.25, 0.3) is 0 Å². The number of Topliss-reactive ketones (excluding diaryl/α,β-unsaturated/α-hetero) is 1. The molecule has 0 fully saturated rings. The quantitative estimate of drug-likeness (QED) is 0.492. The van der Waals surface area contributed by atoms with Gasteiger partial charge in [-0.2, -0.15) is 0 Å². The van der Waals surface area contributed by atoms with Gasteiger partial charge in [0.05, 0.1) is 29.4 Å². The van der Waals surface area contributed by atoms with Gasteiger partial charge in [-0.15, -0.1) is 0 Å². The number of nitrogens with zero attached hydrogens (tertiary/aromatic N) is 2. The number of aromatic amines is 1. The largest absolute Gasteiger partial charge is 0.383 e. The van der Waals surface area contributed by atoms with Crippen molar-refractivity contribution in [3.8, 4) is 0 Å². The summed E-state index contributed by atoms with van der Waals surface area (Å²) in [5.41, 5.74) is 5.98. The van der Waals surface area contributed by atoms with Gasteiger partial charge >= 0.3 is 0 Å². The van der Waals surface area contributed by atoms with Crippen LogP contribution in [0, 0.1) is 20.8 Å². The van der Waals surface area contributed by atoms with Crippen LogP contribution in [0.2, 0.25) is 0 Å². The van der Waals surface area contributed by atoms with E-state index in [-0.39, 0.29) is 11.8 Å². The van der Waals surface area contributed by atoms with E-state index in [4.69, 9.17) is 4.74 Å². The highest BCUT2D eigenvalue weighted by atomic mass is 32.2. The van der Waals surface area contributed by atoms with Crippen molar-refractivity contribution in [2.24, 2.45) is 0 Å². The number of fused-ring (bicyclic) bond motifs is 1. The maximum atomic E-state index is 12.7. The number of aryl methyl sites for hydroxylation is 2. The first-order valence-corrected chi connectivity index (χ1v) is 9.69. The lowest BCUT2D eigenvalue weighted by atomic mass is 10.2. The number of ketones is 1. The topological polar surface area (TPSA) is 59.9 Å². The number of H-pyrrole nitrogens is 1. The van der Waals surface area contributed by atoms with E-state index in [0.717, 1.165) is 33.1 Å². The molecule has 2 heterocycles. The van der Waals surface area contributed by atoms with Crippen molar-refractivity contribution in [3.63, 3.8) is 0 Å². The highest BCUT2D eigenvalue weighted by Crippen LogP contribution is 2.25. The third-order valence-corrected chi connectivity index (χ3v) is 5.46. The average molecular weight is 372 g/mol. The molecule has 2 aromatic heterocycles. The zero-order valence-electron chi connectivity index (χ0n) is 15.9. The fraction of sp³-hybridized carbons (Fsp3) is 0.400. The van der Waals surface area contributed by atoms with Crippen LogP contribution in [-0.2, 0) is 4.74 Å². The lowest BCUT2D eigenvalue weighted by Gasteiger charge is -2.17. The van der Waals surface area contributed by atoms with E-state index in [1.54, 1.807) is 7.11 Å². The van der Waals surface area contributed by atoms with Gasteiger partial charge in [-0.25, -0.2) is 4.98 Å². The molecule has 0 radical (unpaired) electrons. The van der Waals surface area contributed by atoms with E-state index >= 15 is 0 Å². The van der Waals surface area contributed by atoms with Crippen LogP contribution in [0.3, 0.4) is 0 Å². The minimum atomic E-state index is 0.121. The molecule has 0 aliphatic heterocycles. The van der Waals surface area contributed by atoms with Crippen LogP contribution in [-0.4, -0.2) is 39.8 Å². The van der Waals surface area contributed by atoms with Crippen LogP contribution in [0.1, 0.15) is 40.3 Å². The highest BCUT2D eigenvalue weighted by Gasteiger charge is 2.19. The van der Waals surface area contributed by atoms with Crippen molar-refractivity contribution in [1.82, 2.24) is 14.5 Å². The molecule has 5 nitrogen and oxygen atoms in total. The Hall–Kier alpha value is -2.05. The third kappa shape index (κ3) is 3.71. The Morgan fingerprint density at radius 3 is 2.81 bits per heavy atom. The summed E-state index contributed by atoms with van der Waals surface area (Å²) < 4.78 is 7.43. The van der Waals surface area contributed by atoms with Crippen LogP contribution >= 0.6 is 11.8 Å². The van der Waals surface area contributed by atoms with Crippen LogP contribution in [0.4, 0.5) is 0 Å². The lowest BCUT2D eigenvalue weighted by molar-refractivity contribution is 0.102. The number of methoxy groups -OCH3 is 1. The van der Waals surface area contributed by atoms with E-state index in [1.165, 1.54) is 17.3 Å². The number of benzene rings is 1. The summed E-state index contributed by atoms with van der Waals surface area (Å²) in [6, 6.07) is 8.29. The number of ether oxygens (including phenoxy) is 1. The number of hydrogen-bond acceptors (Lipinski definition) is 4. The number of nitrogens with one attached hydrogen (secondary N) is 1. The van der Waals surface area contributed by atoms with Gasteiger partial charge in [0.1, 0.15) is 0 Å². The molecule has 0 aliphatic rings. The molecule has 0 aliphatic carbocycles. The first-order valence-electron chi connectivity index (χ1n) is 8.70. The van der Waals surface area contributed by atoms with Gasteiger partial charge in [0.15, 0.2) is 10.9 Å². The molecule has 1 atom stereocenters. The molecule has 0 amide bonds. The molecule has 1 aromatic carbocycles. The standard InChI is InChI=1S/C20H25N3O2S/c1-12-6-7-17-18(8-12)22-20(21-17)26-11-19(24)16-9-13(2)23(15(16)4)14(3)10-25-5/h6-9,14H,10-11H2,1-5H3,(H,21,22)/t14-/m1/s1. The van der Waals surface area contributed by atoms with Crippen molar-refractivity contribution < 1.29 is 9.53 Å². The molecular weight excluding hydrogens is 346 g/mol. The molecule has 1 N–H and O–H groups in total. The number of carbonyl (C=O) groups excluding carboxylic acids is 1. The third-order valence-electron chi connectivity index (χ3n) is 4.59. The molecule has 0 spiro atoms. The highest BCUT2D eigenvalue weighted by molar-refractivity contribution is 7.99. The van der Waals surface area contributed by atoms with Gasteiger partial charge in [-0.05, 0) is 51.5 Å². The second-order valence-corrected chi connectivity index (χ2v) is 7.70. The Labute approximate surface area is 158 Å². The van der Waals surface area contributed by atoms with Crippen molar-refractivity contribution in [2.45, 2.75) is 38.9 Å². The molecule has 0 unspecified atom stereocenters. The molecule has 0 saturated heterocycles. The molecule has 3 aromatic rings. The second-order valence-electron chi connectivity index (χ2n) is 6.73. The molecule has 0 bridgehead atoms. The van der Waals surface area contributed by atoms with Gasteiger partial charge in [0, 0.05) is 24.1 Å². The number of aromatic nitrogens is 3. The Morgan fingerprint density at radius 1 is 1.31 bits per heavy atom. The molecule has 0 saturated carbocycles. The van der Waals surface area contributed by atoms with Crippen molar-refractivity contribution in [1.29, 1.82) is 0 Å². The summed E-state index contributed by atoms with van der Waals surface area (Å²) in [4.78, 5) is 20.6. The summed E-state index contributed by atoms with van der Waals surface area (Å²) in [7, 11) is 1.70. The zero-order valence-corrected chi connectivity index (χ0v) is 16.7. The van der Waals surface area contributed by atoms with E-state index in [9.17, 15) is 4.79 Å². The summed E-state index contributed by atoms with van der Waals surface area (Å²) in [5, 5.41) is 0.778. The first kappa shape index (κ1) is 18.7. The number of imidazole rings is 1. The minimum absolute atomic E-state index is 0.121. The smallest absolute Gasteiger partial charge is 0.175 e. The summed E-state index contributed by atoms with van der Waals surface area (Å²) in [5.74, 6) is 0.484. The van der Waals surface area contributed by atoms with Crippen molar-refractivity contribution >= 4 is 28.6 Å². The van der Waals surface area contributed by atoms with Crippen LogP contribution in [0.25, 0.3) is 11.0 Å². The van der Waals surface area contributed by atoms with Gasteiger partial charge in [-0.3, -0.25) is 4.79 Å². The molecule has 3 rings (SSSR count).